The summed E-state index contributed by atoms with van der Waals surface area (Å²) in [6.45, 7) is 5.48. The van der Waals surface area contributed by atoms with Crippen LogP contribution in [0.3, 0.4) is 0 Å². The molecule has 0 aliphatic carbocycles. The molecule has 2 saturated heterocycles. The van der Waals surface area contributed by atoms with Crippen LogP contribution in [0.1, 0.15) is 39.2 Å². The molecular weight excluding hydrogens is 556 g/mol. The van der Waals surface area contributed by atoms with Gasteiger partial charge in [0.1, 0.15) is 30.1 Å². The van der Waals surface area contributed by atoms with Crippen molar-refractivity contribution in [3.05, 3.63) is 42.0 Å². The number of cyclic esters (lactones) is 1. The summed E-state index contributed by atoms with van der Waals surface area (Å²) in [6, 6.07) is 7.77. The molecule has 1 aromatic carbocycles. The molecule has 2 aromatic rings. The van der Waals surface area contributed by atoms with Crippen LogP contribution in [0, 0.1) is 11.3 Å². The Balaban J connectivity index is 1.53. The van der Waals surface area contributed by atoms with E-state index in [0.29, 0.717) is 30.7 Å². The van der Waals surface area contributed by atoms with Crippen molar-refractivity contribution in [3.8, 4) is 0 Å². The molecule has 5 rings (SSSR count). The summed E-state index contributed by atoms with van der Waals surface area (Å²) in [4.78, 5) is 58.2. The molecule has 5 bridgehead atoms. The monoisotopic (exact) mass is 594 g/mol. The average Bonchev–Trinajstić information content (AvgIpc) is 3.01. The molecule has 2 fully saturated rings. The van der Waals surface area contributed by atoms with Crippen molar-refractivity contribution in [2.24, 2.45) is 11.3 Å². The lowest BCUT2D eigenvalue weighted by atomic mass is 9.88. The first-order chi connectivity index (χ1) is 20.6. The van der Waals surface area contributed by atoms with E-state index in [-0.39, 0.29) is 25.9 Å². The maximum atomic E-state index is 13.7. The van der Waals surface area contributed by atoms with Crippen LogP contribution in [0.4, 0.5) is 5.82 Å². The Morgan fingerprint density at radius 3 is 2.53 bits per heavy atom. The average molecular weight is 595 g/mol. The number of nitrogens with one attached hydrogen (secondary N) is 3. The molecular formula is C30H38N6O7. The summed E-state index contributed by atoms with van der Waals surface area (Å²) in [6.07, 6.45) is 3.38. The maximum absolute atomic E-state index is 13.7. The summed E-state index contributed by atoms with van der Waals surface area (Å²) >= 11 is 0. The van der Waals surface area contributed by atoms with Gasteiger partial charge in [0.2, 0.25) is 0 Å². The smallest absolute Gasteiger partial charge is 0.321 e. The van der Waals surface area contributed by atoms with E-state index >= 15 is 0 Å². The van der Waals surface area contributed by atoms with Crippen molar-refractivity contribution < 1.29 is 33.4 Å². The lowest BCUT2D eigenvalue weighted by molar-refractivity contribution is -0.192. The van der Waals surface area contributed by atoms with Gasteiger partial charge in [-0.1, -0.05) is 38.1 Å². The fourth-order valence-corrected chi connectivity index (χ4v) is 5.25. The third kappa shape index (κ3) is 6.63. The number of aromatic nitrogens is 1. The SMILES string of the molecule is CC(C)[C@@H]1OC(=O)C2(/C=C/c3ccc4ccc(nc4c3)N(C)NC(=O)[C@@H]3CCCN(N3)C(=O)[C@H](C)NC1=O)COCOC2. The topological polar surface area (TPSA) is 151 Å². The van der Waals surface area contributed by atoms with Gasteiger partial charge in [-0.3, -0.25) is 34.6 Å². The Bertz CT molecular complexity index is 1420. The summed E-state index contributed by atoms with van der Waals surface area (Å²) in [5, 5.41) is 6.46. The van der Waals surface area contributed by atoms with Gasteiger partial charge in [0.05, 0.1) is 18.7 Å². The molecule has 3 amide bonds. The number of carbonyl (C=O) groups excluding carboxylic acids is 4. The van der Waals surface area contributed by atoms with Gasteiger partial charge < -0.3 is 19.5 Å². The third-order valence-electron chi connectivity index (χ3n) is 7.81. The molecule has 3 atom stereocenters. The molecule has 13 heteroatoms. The van der Waals surface area contributed by atoms with Gasteiger partial charge in [-0.2, -0.15) is 0 Å². The second kappa shape index (κ2) is 12.7. The minimum absolute atomic E-state index is 0.00588. The summed E-state index contributed by atoms with van der Waals surface area (Å²) in [7, 11) is 1.69. The standard InChI is InChI=1S/C30H38N6O7/c1-18(2)25-27(38)31-19(3)28(39)36-13-5-6-22(33-36)26(37)34-35(4)24-10-9-21-8-7-20(14-23(21)32-24)11-12-30(29(40)43-25)15-41-17-42-16-30/h7-12,14,18-19,22,25,33H,5-6,13,15-17H2,1-4H3,(H,31,38)(H,34,37)/b12-11+/t19-,22-,25-/m0/s1. The number of benzene rings is 1. The van der Waals surface area contributed by atoms with Crippen molar-refractivity contribution in [2.45, 2.75) is 51.8 Å². The Morgan fingerprint density at radius 2 is 1.79 bits per heavy atom. The first-order valence-electron chi connectivity index (χ1n) is 14.4. The van der Waals surface area contributed by atoms with Crippen LogP contribution < -0.4 is 21.2 Å². The predicted molar refractivity (Wildman–Crippen MR) is 157 cm³/mol. The molecule has 0 saturated carbocycles. The Kier molecular flexibility index (Phi) is 8.95. The molecule has 1 spiro atoms. The number of ether oxygens (including phenoxy) is 3. The van der Waals surface area contributed by atoms with E-state index < -0.39 is 47.3 Å². The number of amides is 3. The number of esters is 1. The minimum Gasteiger partial charge on any atom is -0.451 e. The van der Waals surface area contributed by atoms with E-state index in [1.165, 1.54) is 10.0 Å². The molecule has 13 nitrogen and oxygen atoms in total. The summed E-state index contributed by atoms with van der Waals surface area (Å²) in [5.41, 5.74) is 5.99. The number of fused-ring (bicyclic) bond motifs is 4. The van der Waals surface area contributed by atoms with Crippen LogP contribution in [-0.4, -0.2) is 85.5 Å². The molecule has 3 aliphatic heterocycles. The first kappa shape index (κ1) is 30.4. The van der Waals surface area contributed by atoms with Gasteiger partial charge in [0, 0.05) is 19.0 Å². The van der Waals surface area contributed by atoms with Gasteiger partial charge >= 0.3 is 5.97 Å². The first-order valence-corrected chi connectivity index (χ1v) is 14.4. The fraction of sp³-hybridized carbons (Fsp3) is 0.500. The van der Waals surface area contributed by atoms with Crippen molar-refractivity contribution >= 4 is 46.5 Å². The fourth-order valence-electron chi connectivity index (χ4n) is 5.25. The molecule has 1 aromatic heterocycles. The lowest BCUT2D eigenvalue weighted by Gasteiger charge is -2.36. The van der Waals surface area contributed by atoms with E-state index in [9.17, 15) is 19.2 Å². The van der Waals surface area contributed by atoms with Crippen molar-refractivity contribution in [3.63, 3.8) is 0 Å². The quantitative estimate of drug-likeness (QED) is 0.412. The zero-order chi connectivity index (χ0) is 30.7. The molecule has 3 aliphatic rings. The van der Waals surface area contributed by atoms with Crippen LogP contribution in [0.5, 0.6) is 0 Å². The minimum atomic E-state index is -1.30. The van der Waals surface area contributed by atoms with Gasteiger partial charge in [-0.05, 0) is 49.4 Å². The number of pyridine rings is 1. The Labute approximate surface area is 249 Å². The maximum Gasteiger partial charge on any atom is 0.321 e. The Morgan fingerprint density at radius 1 is 1.05 bits per heavy atom. The van der Waals surface area contributed by atoms with Crippen molar-refractivity contribution in [2.75, 3.05) is 38.6 Å². The largest absolute Gasteiger partial charge is 0.451 e. The summed E-state index contributed by atoms with van der Waals surface area (Å²) in [5.74, 6) is -1.89. The highest BCUT2D eigenvalue weighted by Crippen LogP contribution is 2.29. The highest BCUT2D eigenvalue weighted by Gasteiger charge is 2.44. The molecule has 230 valence electrons. The summed E-state index contributed by atoms with van der Waals surface area (Å²) < 4.78 is 16.8. The van der Waals surface area contributed by atoms with E-state index in [1.54, 1.807) is 46.0 Å². The van der Waals surface area contributed by atoms with Crippen LogP contribution in [0.25, 0.3) is 17.0 Å². The van der Waals surface area contributed by atoms with Crippen LogP contribution in [0.2, 0.25) is 0 Å². The molecule has 0 radical (unpaired) electrons. The zero-order valence-corrected chi connectivity index (χ0v) is 24.8. The molecule has 43 heavy (non-hydrogen) atoms. The van der Waals surface area contributed by atoms with Gasteiger partial charge in [0.25, 0.3) is 17.7 Å². The number of hydrazine groups is 2. The predicted octanol–water partition coefficient (Wildman–Crippen LogP) is 1.29. The number of anilines is 1. The number of hydrogen-bond acceptors (Lipinski definition) is 10. The van der Waals surface area contributed by atoms with E-state index in [2.05, 4.69) is 16.2 Å². The number of hydrogen-bond donors (Lipinski definition) is 3. The van der Waals surface area contributed by atoms with Gasteiger partial charge in [-0.25, -0.2) is 10.4 Å². The van der Waals surface area contributed by atoms with Crippen LogP contribution in [0.15, 0.2) is 36.4 Å². The highest BCUT2D eigenvalue weighted by atomic mass is 16.7. The van der Waals surface area contributed by atoms with Gasteiger partial charge in [0.15, 0.2) is 6.10 Å². The number of nitrogens with zero attached hydrogens (tertiary/aromatic N) is 3. The lowest BCUT2D eigenvalue weighted by Crippen LogP contribution is -2.62. The molecule has 4 heterocycles. The van der Waals surface area contributed by atoms with Gasteiger partial charge in [-0.15, -0.1) is 0 Å². The number of rotatable bonds is 1. The second-order valence-electron chi connectivity index (χ2n) is 11.6. The normalized spacial score (nSPS) is 26.3. The second-order valence-corrected chi connectivity index (χ2v) is 11.6. The van der Waals surface area contributed by atoms with E-state index in [4.69, 9.17) is 19.2 Å². The van der Waals surface area contributed by atoms with E-state index in [1.807, 2.05) is 24.3 Å². The van der Waals surface area contributed by atoms with Crippen molar-refractivity contribution in [1.82, 2.24) is 26.2 Å². The van der Waals surface area contributed by atoms with Crippen LogP contribution in [-0.2, 0) is 33.4 Å². The zero-order valence-electron chi connectivity index (χ0n) is 24.8. The van der Waals surface area contributed by atoms with Crippen molar-refractivity contribution in [1.29, 1.82) is 0 Å². The number of carbonyl (C=O) groups is 4. The Hall–Kier alpha value is -4.07. The molecule has 3 N–H and O–H groups in total. The van der Waals surface area contributed by atoms with Crippen LogP contribution >= 0.6 is 0 Å². The highest BCUT2D eigenvalue weighted by molar-refractivity contribution is 5.92. The third-order valence-corrected chi connectivity index (χ3v) is 7.81. The molecule has 0 unspecified atom stereocenters. The van der Waals surface area contributed by atoms with E-state index in [0.717, 1.165) is 10.9 Å².